The predicted octanol–water partition coefficient (Wildman–Crippen LogP) is 3.47. The second kappa shape index (κ2) is 8.19. The third-order valence-electron chi connectivity index (χ3n) is 5.57. The first-order valence-electron chi connectivity index (χ1n) is 10.3. The van der Waals surface area contributed by atoms with Crippen LogP contribution in [-0.2, 0) is 16.1 Å². The van der Waals surface area contributed by atoms with Gasteiger partial charge in [0.25, 0.3) is 11.7 Å². The number of fused-ring (bicyclic) bond motifs is 1. The summed E-state index contributed by atoms with van der Waals surface area (Å²) in [7, 11) is 0. The Balaban J connectivity index is 1.62. The van der Waals surface area contributed by atoms with Crippen molar-refractivity contribution in [3.8, 4) is 11.5 Å². The molecule has 1 atom stereocenters. The largest absolute Gasteiger partial charge is 0.507 e. The van der Waals surface area contributed by atoms with Gasteiger partial charge in [0.15, 0.2) is 11.5 Å². The minimum absolute atomic E-state index is 0.0481. The Labute approximate surface area is 184 Å². The molecule has 1 saturated heterocycles. The number of likely N-dealkylation sites (tertiary alicyclic amines) is 1. The quantitative estimate of drug-likeness (QED) is 0.389. The Hall–Kier alpha value is -4.13. The van der Waals surface area contributed by atoms with Gasteiger partial charge in [-0.15, -0.1) is 0 Å². The molecule has 7 nitrogen and oxygen atoms in total. The Bertz CT molecular complexity index is 1210. The van der Waals surface area contributed by atoms with Gasteiger partial charge >= 0.3 is 0 Å². The molecule has 0 saturated carbocycles. The van der Waals surface area contributed by atoms with Crippen molar-refractivity contribution < 1.29 is 24.2 Å². The fourth-order valence-electron chi connectivity index (χ4n) is 4.06. The number of Topliss-reactive ketones (excluding diaryl/α,β-unsaturated/α-hetero) is 1. The topological polar surface area (TPSA) is 89.0 Å². The summed E-state index contributed by atoms with van der Waals surface area (Å²) in [4.78, 5) is 31.6. The van der Waals surface area contributed by atoms with E-state index in [1.54, 1.807) is 42.7 Å². The monoisotopic (exact) mass is 428 g/mol. The molecule has 1 aromatic heterocycles. The Morgan fingerprint density at radius 1 is 0.969 bits per heavy atom. The van der Waals surface area contributed by atoms with Crippen molar-refractivity contribution >= 4 is 17.4 Å². The van der Waals surface area contributed by atoms with E-state index in [1.807, 2.05) is 30.3 Å². The zero-order valence-electron chi connectivity index (χ0n) is 17.1. The lowest BCUT2D eigenvalue weighted by atomic mass is 9.95. The van der Waals surface area contributed by atoms with Crippen LogP contribution < -0.4 is 9.47 Å². The fourth-order valence-corrected chi connectivity index (χ4v) is 4.06. The van der Waals surface area contributed by atoms with Crippen molar-refractivity contribution in [3.05, 3.63) is 95.3 Å². The number of benzene rings is 2. The molecule has 0 radical (unpaired) electrons. The third-order valence-corrected chi connectivity index (χ3v) is 5.57. The van der Waals surface area contributed by atoms with Crippen LogP contribution in [0.5, 0.6) is 11.5 Å². The number of ether oxygens (including phenoxy) is 2. The van der Waals surface area contributed by atoms with E-state index in [0.29, 0.717) is 30.3 Å². The van der Waals surface area contributed by atoms with Gasteiger partial charge in [-0.2, -0.15) is 0 Å². The van der Waals surface area contributed by atoms with Gasteiger partial charge in [-0.1, -0.05) is 30.3 Å². The number of amides is 1. The van der Waals surface area contributed by atoms with Crippen molar-refractivity contribution in [1.82, 2.24) is 9.88 Å². The summed E-state index contributed by atoms with van der Waals surface area (Å²) in [6.45, 7) is 1.06. The lowest BCUT2D eigenvalue weighted by Crippen LogP contribution is -2.29. The summed E-state index contributed by atoms with van der Waals surface area (Å²) in [5.74, 6) is -0.561. The standard InChI is InChI=1S/C25H20N2O5/c28-23(18-6-7-19-20(14-18)32-13-12-31-19)21-22(17-4-2-1-3-5-17)27(25(30)24(21)29)15-16-8-10-26-11-9-16/h1-11,14,22,28H,12-13,15H2. The number of aliphatic hydroxyl groups excluding tert-OH is 1. The number of carbonyl (C=O) groups is 2. The van der Waals surface area contributed by atoms with Crippen molar-refractivity contribution in [2.75, 3.05) is 13.2 Å². The van der Waals surface area contributed by atoms with Crippen LogP contribution in [0, 0.1) is 0 Å². The fraction of sp³-hybridized carbons (Fsp3) is 0.160. The summed E-state index contributed by atoms with van der Waals surface area (Å²) in [5.41, 5.74) is 2.01. The molecule has 3 heterocycles. The average molecular weight is 428 g/mol. The molecule has 1 unspecified atom stereocenters. The van der Waals surface area contributed by atoms with E-state index in [4.69, 9.17) is 9.47 Å². The average Bonchev–Trinajstić information content (AvgIpc) is 3.09. The molecule has 2 aromatic carbocycles. The molecule has 1 N–H and O–H groups in total. The lowest BCUT2D eigenvalue weighted by Gasteiger charge is -2.25. The van der Waals surface area contributed by atoms with Crippen molar-refractivity contribution in [3.63, 3.8) is 0 Å². The van der Waals surface area contributed by atoms with Crippen molar-refractivity contribution in [2.24, 2.45) is 0 Å². The van der Waals surface area contributed by atoms with E-state index in [-0.39, 0.29) is 17.9 Å². The highest BCUT2D eigenvalue weighted by atomic mass is 16.6. The molecular weight excluding hydrogens is 408 g/mol. The van der Waals surface area contributed by atoms with E-state index < -0.39 is 17.7 Å². The highest BCUT2D eigenvalue weighted by Gasteiger charge is 2.46. The third kappa shape index (κ3) is 3.47. The molecule has 2 aliphatic rings. The molecule has 5 rings (SSSR count). The molecule has 0 bridgehead atoms. The summed E-state index contributed by atoms with van der Waals surface area (Å²) in [6, 6.07) is 17.1. The molecule has 1 amide bonds. The van der Waals surface area contributed by atoms with Crippen LogP contribution in [0.4, 0.5) is 0 Å². The second-order valence-electron chi connectivity index (χ2n) is 7.55. The maximum Gasteiger partial charge on any atom is 0.295 e. The molecule has 2 aliphatic heterocycles. The molecule has 3 aromatic rings. The zero-order valence-corrected chi connectivity index (χ0v) is 17.1. The van der Waals surface area contributed by atoms with Gasteiger partial charge in [0.05, 0.1) is 11.6 Å². The molecule has 7 heteroatoms. The van der Waals surface area contributed by atoms with Crippen LogP contribution in [0.1, 0.15) is 22.7 Å². The summed E-state index contributed by atoms with van der Waals surface area (Å²) in [6.07, 6.45) is 3.28. The van der Waals surface area contributed by atoms with Crippen LogP contribution in [0.15, 0.2) is 78.6 Å². The van der Waals surface area contributed by atoms with Gasteiger partial charge in [0.2, 0.25) is 0 Å². The number of pyridine rings is 1. The number of ketones is 1. The van der Waals surface area contributed by atoms with E-state index in [9.17, 15) is 14.7 Å². The minimum Gasteiger partial charge on any atom is -0.507 e. The number of aliphatic hydroxyl groups is 1. The lowest BCUT2D eigenvalue weighted by molar-refractivity contribution is -0.140. The van der Waals surface area contributed by atoms with Crippen LogP contribution >= 0.6 is 0 Å². The predicted molar refractivity (Wildman–Crippen MR) is 116 cm³/mol. The summed E-state index contributed by atoms with van der Waals surface area (Å²) >= 11 is 0. The normalized spacial score (nSPS) is 19.2. The summed E-state index contributed by atoms with van der Waals surface area (Å²) < 4.78 is 11.1. The van der Waals surface area contributed by atoms with E-state index in [1.165, 1.54) is 4.90 Å². The first-order valence-corrected chi connectivity index (χ1v) is 10.3. The van der Waals surface area contributed by atoms with E-state index in [0.717, 1.165) is 11.1 Å². The van der Waals surface area contributed by atoms with Crippen LogP contribution in [-0.4, -0.2) is 39.9 Å². The van der Waals surface area contributed by atoms with Gasteiger partial charge in [0.1, 0.15) is 19.0 Å². The number of carbonyl (C=O) groups excluding carboxylic acids is 2. The number of rotatable bonds is 4. The van der Waals surface area contributed by atoms with Crippen molar-refractivity contribution in [1.29, 1.82) is 0 Å². The molecular formula is C25H20N2O5. The van der Waals surface area contributed by atoms with E-state index in [2.05, 4.69) is 4.98 Å². The highest BCUT2D eigenvalue weighted by molar-refractivity contribution is 6.46. The number of hydrogen-bond acceptors (Lipinski definition) is 6. The minimum atomic E-state index is -0.724. The smallest absolute Gasteiger partial charge is 0.295 e. The molecule has 160 valence electrons. The number of hydrogen-bond donors (Lipinski definition) is 1. The highest BCUT2D eigenvalue weighted by Crippen LogP contribution is 2.41. The van der Waals surface area contributed by atoms with Gasteiger partial charge in [0, 0.05) is 24.5 Å². The zero-order chi connectivity index (χ0) is 22.1. The Morgan fingerprint density at radius 2 is 1.69 bits per heavy atom. The first kappa shape index (κ1) is 19.8. The van der Waals surface area contributed by atoms with Gasteiger partial charge < -0.3 is 19.5 Å². The van der Waals surface area contributed by atoms with Gasteiger partial charge in [-0.25, -0.2) is 0 Å². The second-order valence-corrected chi connectivity index (χ2v) is 7.55. The summed E-state index contributed by atoms with van der Waals surface area (Å²) in [5, 5.41) is 11.2. The van der Waals surface area contributed by atoms with Gasteiger partial charge in [-0.05, 0) is 41.5 Å². The Kier molecular flexibility index (Phi) is 5.07. The number of nitrogens with zero attached hydrogens (tertiary/aromatic N) is 2. The molecule has 32 heavy (non-hydrogen) atoms. The van der Waals surface area contributed by atoms with Crippen LogP contribution in [0.25, 0.3) is 5.76 Å². The number of aromatic nitrogens is 1. The van der Waals surface area contributed by atoms with Crippen LogP contribution in [0.2, 0.25) is 0 Å². The van der Waals surface area contributed by atoms with Crippen LogP contribution in [0.3, 0.4) is 0 Å². The van der Waals surface area contributed by atoms with E-state index >= 15 is 0 Å². The molecule has 0 aliphatic carbocycles. The van der Waals surface area contributed by atoms with Crippen molar-refractivity contribution in [2.45, 2.75) is 12.6 Å². The maximum absolute atomic E-state index is 13.1. The molecule has 0 spiro atoms. The maximum atomic E-state index is 13.1. The Morgan fingerprint density at radius 3 is 2.44 bits per heavy atom. The SMILES string of the molecule is O=C1C(=O)N(Cc2ccncc2)C(c2ccccc2)C1=C(O)c1ccc2c(c1)OCCO2. The van der Waals surface area contributed by atoms with Gasteiger partial charge in [-0.3, -0.25) is 14.6 Å². The first-order chi connectivity index (χ1) is 15.6. The molecule has 1 fully saturated rings.